The van der Waals surface area contributed by atoms with Crippen LogP contribution in [0.4, 0.5) is 34.1 Å². The highest BCUT2D eigenvalue weighted by Gasteiger charge is 2.48. The molecule has 0 unspecified atom stereocenters. The number of para-hydroxylation sites is 3. The largest absolute Gasteiger partial charge is 0.458 e. The molecule has 49 heavy (non-hydrogen) atoms. The molecule has 5 nitrogen and oxygen atoms in total. The Balaban J connectivity index is 1.31. The second kappa shape index (κ2) is 9.66. The van der Waals surface area contributed by atoms with Crippen LogP contribution in [0.25, 0.3) is 27.5 Å². The first-order valence-corrected chi connectivity index (χ1v) is 16.5. The molecule has 0 fully saturated rings. The Kier molecular flexibility index (Phi) is 5.20. The van der Waals surface area contributed by atoms with Crippen molar-refractivity contribution < 1.29 is 4.74 Å². The van der Waals surface area contributed by atoms with Crippen molar-refractivity contribution in [1.82, 2.24) is 4.57 Å². The molecule has 0 saturated carbocycles. The lowest BCUT2D eigenvalue weighted by Crippen LogP contribution is -2.63. The molecule has 3 aliphatic heterocycles. The van der Waals surface area contributed by atoms with Crippen LogP contribution in [0.5, 0.6) is 11.5 Å². The van der Waals surface area contributed by atoms with Gasteiger partial charge in [0, 0.05) is 44.9 Å². The molecule has 1 aromatic heterocycles. The molecule has 4 heterocycles. The number of hydrogen-bond donors (Lipinski definition) is 0. The van der Waals surface area contributed by atoms with Gasteiger partial charge in [0.25, 0.3) is 6.71 Å². The van der Waals surface area contributed by atoms with Crippen molar-refractivity contribution in [3.05, 3.63) is 157 Å². The quantitative estimate of drug-likeness (QED) is 0.184. The number of ether oxygens (including phenoxy) is 1. The molecule has 0 amide bonds. The summed E-state index contributed by atoms with van der Waals surface area (Å²) in [6, 6.07) is 55.7. The van der Waals surface area contributed by atoms with Gasteiger partial charge >= 0.3 is 0 Å². The van der Waals surface area contributed by atoms with Gasteiger partial charge in [-0.05, 0) is 101 Å². The van der Waals surface area contributed by atoms with Gasteiger partial charge in [-0.25, -0.2) is 0 Å². The zero-order chi connectivity index (χ0) is 32.2. The van der Waals surface area contributed by atoms with Crippen molar-refractivity contribution in [3.8, 4) is 23.3 Å². The number of nitriles is 1. The average molecular weight is 625 g/mol. The Morgan fingerprint density at radius 1 is 0.469 bits per heavy atom. The molecule has 0 radical (unpaired) electrons. The predicted molar refractivity (Wildman–Crippen MR) is 200 cm³/mol. The van der Waals surface area contributed by atoms with Crippen molar-refractivity contribution in [2.75, 3.05) is 9.80 Å². The van der Waals surface area contributed by atoms with Crippen LogP contribution in [-0.2, 0) is 0 Å². The van der Waals surface area contributed by atoms with Gasteiger partial charge in [-0.1, -0.05) is 66.7 Å². The van der Waals surface area contributed by atoms with Crippen LogP contribution < -0.4 is 30.9 Å². The second-order valence-corrected chi connectivity index (χ2v) is 12.8. The predicted octanol–water partition coefficient (Wildman–Crippen LogP) is 8.84. The van der Waals surface area contributed by atoms with E-state index in [1.54, 1.807) is 0 Å². The summed E-state index contributed by atoms with van der Waals surface area (Å²) in [4.78, 5) is 4.77. The van der Waals surface area contributed by atoms with Crippen LogP contribution in [-0.4, -0.2) is 11.3 Å². The Morgan fingerprint density at radius 2 is 1.00 bits per heavy atom. The zero-order valence-corrected chi connectivity index (χ0v) is 26.2. The van der Waals surface area contributed by atoms with Crippen LogP contribution in [0.15, 0.2) is 152 Å². The highest BCUT2D eigenvalue weighted by Crippen LogP contribution is 2.49. The van der Waals surface area contributed by atoms with Gasteiger partial charge in [0.05, 0.1) is 28.4 Å². The topological polar surface area (TPSA) is 44.4 Å². The van der Waals surface area contributed by atoms with Crippen LogP contribution >= 0.6 is 0 Å². The molecule has 0 saturated heterocycles. The Labute approximate surface area is 283 Å². The molecular formula is C43H25BN4O. The van der Waals surface area contributed by atoms with E-state index in [0.717, 1.165) is 67.8 Å². The number of aromatic nitrogens is 1. The van der Waals surface area contributed by atoms with Crippen molar-refractivity contribution in [1.29, 1.82) is 5.26 Å². The van der Waals surface area contributed by atoms with Gasteiger partial charge in [0.15, 0.2) is 0 Å². The molecule has 0 bridgehead atoms. The summed E-state index contributed by atoms with van der Waals surface area (Å²) in [5.41, 5.74) is 14.1. The van der Waals surface area contributed by atoms with E-state index in [9.17, 15) is 5.26 Å². The summed E-state index contributed by atoms with van der Waals surface area (Å²) in [7, 11) is 0. The highest BCUT2D eigenvalue weighted by atomic mass is 16.5. The van der Waals surface area contributed by atoms with E-state index < -0.39 is 0 Å². The lowest BCUT2D eigenvalue weighted by Gasteiger charge is -2.46. The Bertz CT molecular complexity index is 2670. The van der Waals surface area contributed by atoms with Crippen LogP contribution in [0, 0.1) is 11.3 Å². The molecule has 8 aromatic rings. The van der Waals surface area contributed by atoms with Crippen molar-refractivity contribution >= 4 is 79.0 Å². The van der Waals surface area contributed by atoms with E-state index in [4.69, 9.17) is 4.74 Å². The number of anilines is 6. The summed E-state index contributed by atoms with van der Waals surface area (Å²) in [6.45, 7) is -0.0158. The molecule has 3 aliphatic rings. The maximum absolute atomic E-state index is 9.66. The van der Waals surface area contributed by atoms with Crippen molar-refractivity contribution in [2.45, 2.75) is 0 Å². The minimum absolute atomic E-state index is 0.0158. The number of rotatable bonds is 3. The average Bonchev–Trinajstić information content (AvgIpc) is 3.50. The maximum Gasteiger partial charge on any atom is 0.261 e. The molecule has 0 aliphatic carbocycles. The Hall–Kier alpha value is -6.71. The molecule has 0 N–H and O–H groups in total. The van der Waals surface area contributed by atoms with E-state index in [1.165, 1.54) is 21.7 Å². The number of hydrogen-bond acceptors (Lipinski definition) is 4. The number of benzene rings is 7. The second-order valence-electron chi connectivity index (χ2n) is 12.8. The normalized spacial score (nSPS) is 13.3. The van der Waals surface area contributed by atoms with E-state index in [1.807, 2.05) is 12.1 Å². The molecule has 7 aromatic carbocycles. The summed E-state index contributed by atoms with van der Waals surface area (Å²) in [5.74, 6) is 1.77. The smallest absolute Gasteiger partial charge is 0.261 e. The summed E-state index contributed by atoms with van der Waals surface area (Å²) >= 11 is 0. The third-order valence-electron chi connectivity index (χ3n) is 10.4. The Morgan fingerprint density at radius 3 is 1.57 bits per heavy atom. The first-order chi connectivity index (χ1) is 24.3. The minimum atomic E-state index is -0.0158. The summed E-state index contributed by atoms with van der Waals surface area (Å²) in [6.07, 6.45) is 0. The first-order valence-electron chi connectivity index (χ1n) is 16.5. The van der Waals surface area contributed by atoms with Crippen LogP contribution in [0.1, 0.15) is 5.56 Å². The van der Waals surface area contributed by atoms with Crippen LogP contribution in [0.2, 0.25) is 0 Å². The molecule has 0 atom stereocenters. The molecule has 11 rings (SSSR count). The van der Waals surface area contributed by atoms with E-state index in [-0.39, 0.29) is 6.71 Å². The van der Waals surface area contributed by atoms with Gasteiger partial charge in [-0.2, -0.15) is 5.26 Å². The standard InChI is InChI=1S/C43H25BN4O/c45-26-27-20-22-29(23-21-27)47-36-17-9-19-40-43(36)44-41-37(46(28-10-2-1-3-11-28)35-16-8-18-39(49-40)42(35)44)24-30(25-38(41)47)48-33-14-6-4-12-31(33)32-13-5-7-15-34(32)48/h1-25H. The number of fused-ring (bicyclic) bond motifs is 3. The van der Waals surface area contributed by atoms with Gasteiger partial charge in [-0.3, -0.25) is 0 Å². The lowest BCUT2D eigenvalue weighted by molar-refractivity contribution is 0.487. The lowest BCUT2D eigenvalue weighted by atomic mass is 9.32. The van der Waals surface area contributed by atoms with Gasteiger partial charge < -0.3 is 19.1 Å². The van der Waals surface area contributed by atoms with Gasteiger partial charge in [0.2, 0.25) is 0 Å². The zero-order valence-electron chi connectivity index (χ0n) is 26.2. The maximum atomic E-state index is 9.66. The fourth-order valence-corrected chi connectivity index (χ4v) is 8.45. The SMILES string of the molecule is N#Cc1ccc(N2c3cccc4c3B3c5c(cccc5N(c5ccccc5)c5cc(-n6c7ccccc7c7ccccc76)cc2c53)O4)cc1. The van der Waals surface area contributed by atoms with E-state index in [0.29, 0.717) is 5.56 Å². The molecule has 0 spiro atoms. The van der Waals surface area contributed by atoms with E-state index >= 15 is 0 Å². The number of nitrogens with zero attached hydrogens (tertiary/aromatic N) is 4. The van der Waals surface area contributed by atoms with Crippen molar-refractivity contribution in [2.24, 2.45) is 0 Å². The molecule has 6 heteroatoms. The van der Waals surface area contributed by atoms with Gasteiger partial charge in [-0.15, -0.1) is 0 Å². The summed E-state index contributed by atoms with van der Waals surface area (Å²) < 4.78 is 9.14. The minimum Gasteiger partial charge on any atom is -0.458 e. The molecule has 226 valence electrons. The summed E-state index contributed by atoms with van der Waals surface area (Å²) in [5, 5.41) is 12.1. The highest BCUT2D eigenvalue weighted by molar-refractivity contribution is 7.01. The van der Waals surface area contributed by atoms with Crippen molar-refractivity contribution in [3.63, 3.8) is 0 Å². The van der Waals surface area contributed by atoms with E-state index in [2.05, 4.69) is 160 Å². The fourth-order valence-electron chi connectivity index (χ4n) is 8.45. The first kappa shape index (κ1) is 26.4. The fraction of sp³-hybridized carbons (Fsp3) is 0. The third-order valence-corrected chi connectivity index (χ3v) is 10.4. The van der Waals surface area contributed by atoms with Gasteiger partial charge in [0.1, 0.15) is 11.5 Å². The van der Waals surface area contributed by atoms with Crippen LogP contribution in [0.3, 0.4) is 0 Å². The monoisotopic (exact) mass is 624 g/mol. The molecular weight excluding hydrogens is 599 g/mol. The third kappa shape index (κ3) is 3.48.